The largest absolute Gasteiger partial charge is 0.314 e. The molecule has 0 unspecified atom stereocenters. The van der Waals surface area contributed by atoms with Gasteiger partial charge in [-0.1, -0.05) is 0 Å². The number of nitrogens with one attached hydrogen (secondary N) is 1. The van der Waals surface area contributed by atoms with Crippen LogP contribution in [-0.2, 0) is 0 Å². The van der Waals surface area contributed by atoms with E-state index in [9.17, 15) is 8.78 Å². The fourth-order valence-corrected chi connectivity index (χ4v) is 3.25. The zero-order valence-corrected chi connectivity index (χ0v) is 10.6. The van der Waals surface area contributed by atoms with E-state index in [0.29, 0.717) is 12.1 Å². The molecule has 1 aliphatic carbocycles. The third kappa shape index (κ3) is 2.30. The smallest absolute Gasteiger partial charge is 0.251 e. The molecule has 0 aromatic carbocycles. The average molecular weight is 275 g/mol. The molecule has 2 saturated heterocycles. The Hall–Kier alpha value is 0.360. The Morgan fingerprint density at radius 2 is 1.44 bits per heavy atom. The van der Waals surface area contributed by atoms with E-state index in [1.165, 1.54) is 12.8 Å². The van der Waals surface area contributed by atoms with Gasteiger partial charge in [-0.2, -0.15) is 0 Å². The Balaban J connectivity index is 0.000000640. The lowest BCUT2D eigenvalue weighted by molar-refractivity contribution is -0.136. The Kier molecular flexibility index (Phi) is 4.44. The summed E-state index contributed by atoms with van der Waals surface area (Å²) in [6.45, 7) is 2.00. The van der Waals surface area contributed by atoms with E-state index in [1.54, 1.807) is 0 Å². The molecule has 2 aliphatic heterocycles. The fraction of sp³-hybridized carbons (Fsp3) is 1.00. The van der Waals surface area contributed by atoms with Crippen molar-refractivity contribution < 1.29 is 8.78 Å². The summed E-state index contributed by atoms with van der Waals surface area (Å²) < 4.78 is 25.6. The number of alkyl halides is 2. The first-order valence-corrected chi connectivity index (χ1v) is 5.52. The van der Waals surface area contributed by atoms with Crippen molar-refractivity contribution in [2.75, 3.05) is 13.1 Å². The SMILES string of the molecule is Cl.Cl.FC1(F)CC(N2[C@@H]3CC[C@H]2CNC3)C1. The predicted octanol–water partition coefficient (Wildman–Crippen LogP) is 2.06. The highest BCUT2D eigenvalue weighted by molar-refractivity contribution is 5.85. The summed E-state index contributed by atoms with van der Waals surface area (Å²) in [4.78, 5) is 2.37. The summed E-state index contributed by atoms with van der Waals surface area (Å²) in [5, 5.41) is 3.37. The van der Waals surface area contributed by atoms with Crippen LogP contribution in [0.3, 0.4) is 0 Å². The fourth-order valence-electron chi connectivity index (χ4n) is 3.25. The second-order valence-electron chi connectivity index (χ2n) is 4.91. The highest BCUT2D eigenvalue weighted by atomic mass is 35.5. The number of halogens is 4. The van der Waals surface area contributed by atoms with Crippen molar-refractivity contribution in [3.05, 3.63) is 0 Å². The molecule has 6 heteroatoms. The Morgan fingerprint density at radius 1 is 0.938 bits per heavy atom. The average Bonchev–Trinajstić information content (AvgIpc) is 2.30. The Labute approximate surface area is 107 Å². The summed E-state index contributed by atoms with van der Waals surface area (Å²) in [5.41, 5.74) is 0. The van der Waals surface area contributed by atoms with E-state index in [0.717, 1.165) is 13.1 Å². The maximum Gasteiger partial charge on any atom is 0.251 e. The zero-order chi connectivity index (χ0) is 9.76. The van der Waals surface area contributed by atoms with Crippen LogP contribution in [0.4, 0.5) is 8.78 Å². The van der Waals surface area contributed by atoms with E-state index >= 15 is 0 Å². The summed E-state index contributed by atoms with van der Waals surface area (Å²) in [6.07, 6.45) is 2.58. The van der Waals surface area contributed by atoms with Crippen molar-refractivity contribution in [3.8, 4) is 0 Å². The minimum absolute atomic E-state index is 0. The molecule has 16 heavy (non-hydrogen) atoms. The van der Waals surface area contributed by atoms with E-state index in [-0.39, 0.29) is 43.7 Å². The maximum absolute atomic E-state index is 12.8. The highest BCUT2D eigenvalue weighted by Crippen LogP contribution is 2.44. The standard InChI is InChI=1S/C10H16F2N2.2ClH/c11-10(12)3-9(4-10)14-7-1-2-8(14)6-13-5-7;;/h7-9,13H,1-6H2;2*1H/t7-,8+;;. The van der Waals surface area contributed by atoms with Crippen molar-refractivity contribution in [1.29, 1.82) is 0 Å². The first kappa shape index (κ1) is 14.4. The van der Waals surface area contributed by atoms with Gasteiger partial charge in [0.25, 0.3) is 5.92 Å². The van der Waals surface area contributed by atoms with Gasteiger partial charge in [0.05, 0.1) is 0 Å². The summed E-state index contributed by atoms with van der Waals surface area (Å²) in [6, 6.07) is 1.24. The molecule has 96 valence electrons. The number of hydrogen-bond donors (Lipinski definition) is 1. The van der Waals surface area contributed by atoms with E-state index < -0.39 is 5.92 Å². The van der Waals surface area contributed by atoms with E-state index in [4.69, 9.17) is 0 Å². The summed E-state index contributed by atoms with van der Waals surface area (Å²) >= 11 is 0. The lowest BCUT2D eigenvalue weighted by Gasteiger charge is -2.48. The van der Waals surface area contributed by atoms with E-state index in [1.807, 2.05) is 0 Å². The number of nitrogens with zero attached hydrogens (tertiary/aromatic N) is 1. The van der Waals surface area contributed by atoms with E-state index in [2.05, 4.69) is 10.2 Å². The van der Waals surface area contributed by atoms with Crippen LogP contribution in [0.5, 0.6) is 0 Å². The molecule has 1 N–H and O–H groups in total. The van der Waals surface area contributed by atoms with Gasteiger partial charge in [0.1, 0.15) is 0 Å². The lowest BCUT2D eigenvalue weighted by Crippen LogP contribution is -2.61. The number of fused-ring (bicyclic) bond motifs is 2. The van der Waals surface area contributed by atoms with Crippen molar-refractivity contribution in [2.24, 2.45) is 0 Å². The number of piperazine rings is 1. The molecular weight excluding hydrogens is 257 g/mol. The first-order valence-electron chi connectivity index (χ1n) is 5.52. The molecule has 2 heterocycles. The monoisotopic (exact) mass is 274 g/mol. The van der Waals surface area contributed by atoms with Crippen LogP contribution in [0.1, 0.15) is 25.7 Å². The summed E-state index contributed by atoms with van der Waals surface area (Å²) in [7, 11) is 0. The number of rotatable bonds is 1. The molecule has 3 fully saturated rings. The number of hydrogen-bond acceptors (Lipinski definition) is 2. The van der Waals surface area contributed by atoms with Gasteiger partial charge >= 0.3 is 0 Å². The van der Waals surface area contributed by atoms with Gasteiger partial charge in [0, 0.05) is 44.1 Å². The molecular formula is C10H18Cl2F2N2. The third-order valence-electron chi connectivity index (χ3n) is 3.93. The molecule has 3 rings (SSSR count). The van der Waals surface area contributed by atoms with Crippen molar-refractivity contribution in [2.45, 2.75) is 49.7 Å². The second kappa shape index (κ2) is 4.92. The van der Waals surface area contributed by atoms with Gasteiger partial charge in [0.15, 0.2) is 0 Å². The molecule has 0 spiro atoms. The summed E-state index contributed by atoms with van der Waals surface area (Å²) in [5.74, 6) is -2.37. The molecule has 3 aliphatic rings. The Morgan fingerprint density at radius 3 is 1.88 bits per heavy atom. The van der Waals surface area contributed by atoms with Gasteiger partial charge in [-0.05, 0) is 12.8 Å². The molecule has 0 radical (unpaired) electrons. The van der Waals surface area contributed by atoms with Gasteiger partial charge in [-0.3, -0.25) is 4.90 Å². The highest BCUT2D eigenvalue weighted by Gasteiger charge is 2.52. The van der Waals surface area contributed by atoms with Crippen LogP contribution < -0.4 is 5.32 Å². The van der Waals surface area contributed by atoms with Gasteiger partial charge in [-0.15, -0.1) is 24.8 Å². The van der Waals surface area contributed by atoms with Crippen LogP contribution in [0, 0.1) is 0 Å². The molecule has 2 bridgehead atoms. The zero-order valence-electron chi connectivity index (χ0n) is 8.99. The third-order valence-corrected chi connectivity index (χ3v) is 3.93. The van der Waals surface area contributed by atoms with Crippen molar-refractivity contribution in [3.63, 3.8) is 0 Å². The van der Waals surface area contributed by atoms with Crippen LogP contribution in [0.15, 0.2) is 0 Å². The van der Waals surface area contributed by atoms with Crippen molar-refractivity contribution in [1.82, 2.24) is 10.2 Å². The van der Waals surface area contributed by atoms with Crippen LogP contribution in [0.25, 0.3) is 0 Å². The lowest BCUT2D eigenvalue weighted by atomic mass is 9.85. The molecule has 0 amide bonds. The first-order chi connectivity index (χ1) is 6.66. The van der Waals surface area contributed by atoms with Crippen LogP contribution >= 0.6 is 24.8 Å². The van der Waals surface area contributed by atoms with Gasteiger partial charge < -0.3 is 5.32 Å². The molecule has 2 nitrogen and oxygen atoms in total. The minimum atomic E-state index is -2.37. The van der Waals surface area contributed by atoms with Crippen molar-refractivity contribution >= 4 is 24.8 Å². The molecule has 2 atom stereocenters. The van der Waals surface area contributed by atoms with Crippen LogP contribution in [0.2, 0.25) is 0 Å². The molecule has 1 saturated carbocycles. The van der Waals surface area contributed by atoms with Gasteiger partial charge in [0.2, 0.25) is 0 Å². The molecule has 0 aromatic rings. The topological polar surface area (TPSA) is 15.3 Å². The predicted molar refractivity (Wildman–Crippen MR) is 64.0 cm³/mol. The quantitative estimate of drug-likeness (QED) is 0.788. The maximum atomic E-state index is 12.8. The van der Waals surface area contributed by atoms with Crippen LogP contribution in [-0.4, -0.2) is 42.0 Å². The van der Waals surface area contributed by atoms with Gasteiger partial charge in [-0.25, -0.2) is 8.78 Å². The molecule has 0 aromatic heterocycles. The minimum Gasteiger partial charge on any atom is -0.314 e. The Bertz CT molecular complexity index is 229. The normalized spacial score (nSPS) is 37.1. The second-order valence-corrected chi connectivity index (χ2v) is 4.91.